The highest BCUT2D eigenvalue weighted by molar-refractivity contribution is 7.99. The summed E-state index contributed by atoms with van der Waals surface area (Å²) in [6.45, 7) is 5.31. The first kappa shape index (κ1) is 13.3. The number of thioether (sulfide) groups is 1. The second-order valence-corrected chi connectivity index (χ2v) is 6.46. The van der Waals surface area contributed by atoms with E-state index >= 15 is 0 Å². The lowest BCUT2D eigenvalue weighted by atomic mass is 10.0. The van der Waals surface area contributed by atoms with Crippen molar-refractivity contribution in [1.82, 2.24) is 20.2 Å². The molecule has 3 rings (SSSR count). The van der Waals surface area contributed by atoms with Crippen LogP contribution in [0.1, 0.15) is 35.7 Å². The van der Waals surface area contributed by atoms with Crippen molar-refractivity contribution in [2.45, 2.75) is 32.4 Å². The molecule has 2 aliphatic heterocycles. The SMILES string of the molecule is CCc1nc(C2CSCCN2C)nc2c1CNCC2. The lowest BCUT2D eigenvalue weighted by molar-refractivity contribution is 0.263. The zero-order chi connectivity index (χ0) is 13.2. The zero-order valence-corrected chi connectivity index (χ0v) is 12.6. The van der Waals surface area contributed by atoms with Gasteiger partial charge in [0.05, 0.1) is 11.7 Å². The van der Waals surface area contributed by atoms with Gasteiger partial charge in [-0.2, -0.15) is 11.8 Å². The van der Waals surface area contributed by atoms with Crippen LogP contribution in [0.4, 0.5) is 0 Å². The third kappa shape index (κ3) is 2.64. The van der Waals surface area contributed by atoms with Gasteiger partial charge < -0.3 is 5.32 Å². The highest BCUT2D eigenvalue weighted by Crippen LogP contribution is 2.28. The van der Waals surface area contributed by atoms with Gasteiger partial charge in [-0.1, -0.05) is 6.92 Å². The molecular formula is C14H22N4S. The van der Waals surface area contributed by atoms with Gasteiger partial charge in [-0.05, 0) is 13.5 Å². The van der Waals surface area contributed by atoms with E-state index < -0.39 is 0 Å². The minimum absolute atomic E-state index is 0.393. The monoisotopic (exact) mass is 278 g/mol. The van der Waals surface area contributed by atoms with Crippen LogP contribution in [0.3, 0.4) is 0 Å². The molecule has 19 heavy (non-hydrogen) atoms. The summed E-state index contributed by atoms with van der Waals surface area (Å²) < 4.78 is 0. The van der Waals surface area contributed by atoms with Crippen molar-refractivity contribution in [2.24, 2.45) is 0 Å². The van der Waals surface area contributed by atoms with E-state index in [0.29, 0.717) is 6.04 Å². The highest BCUT2D eigenvalue weighted by Gasteiger charge is 2.26. The maximum Gasteiger partial charge on any atom is 0.146 e. The molecule has 0 saturated carbocycles. The summed E-state index contributed by atoms with van der Waals surface area (Å²) in [7, 11) is 2.19. The normalized spacial score (nSPS) is 24.2. The molecule has 1 aromatic heterocycles. The molecule has 0 spiro atoms. The second-order valence-electron chi connectivity index (χ2n) is 5.31. The highest BCUT2D eigenvalue weighted by atomic mass is 32.2. The largest absolute Gasteiger partial charge is 0.312 e. The van der Waals surface area contributed by atoms with E-state index in [1.807, 2.05) is 11.8 Å². The Bertz CT molecular complexity index is 446. The Hall–Kier alpha value is -0.650. The molecule has 1 aromatic rings. The summed E-state index contributed by atoms with van der Waals surface area (Å²) in [4.78, 5) is 12.2. The summed E-state index contributed by atoms with van der Waals surface area (Å²) in [5.41, 5.74) is 3.88. The number of aryl methyl sites for hydroxylation is 1. The van der Waals surface area contributed by atoms with E-state index in [4.69, 9.17) is 9.97 Å². The zero-order valence-electron chi connectivity index (χ0n) is 11.8. The van der Waals surface area contributed by atoms with Gasteiger partial charge in [-0.15, -0.1) is 0 Å². The van der Waals surface area contributed by atoms with E-state index in [9.17, 15) is 0 Å². The molecule has 1 fully saturated rings. The summed E-state index contributed by atoms with van der Waals surface area (Å²) >= 11 is 2.02. The number of fused-ring (bicyclic) bond motifs is 1. The van der Waals surface area contributed by atoms with Gasteiger partial charge in [0.15, 0.2) is 0 Å². The molecule has 1 N–H and O–H groups in total. The third-order valence-corrected chi connectivity index (χ3v) is 5.09. The third-order valence-electron chi connectivity index (χ3n) is 4.07. The summed E-state index contributed by atoms with van der Waals surface area (Å²) in [5, 5.41) is 3.43. The fourth-order valence-electron chi connectivity index (χ4n) is 2.83. The predicted octanol–water partition coefficient (Wildman–Crippen LogP) is 1.40. The maximum atomic E-state index is 4.89. The van der Waals surface area contributed by atoms with E-state index in [2.05, 4.69) is 24.2 Å². The van der Waals surface area contributed by atoms with Gasteiger partial charge in [0.2, 0.25) is 0 Å². The van der Waals surface area contributed by atoms with Crippen molar-refractivity contribution in [3.8, 4) is 0 Å². The number of aromatic nitrogens is 2. The van der Waals surface area contributed by atoms with Crippen LogP contribution >= 0.6 is 11.8 Å². The lowest BCUT2D eigenvalue weighted by Crippen LogP contribution is -2.35. The van der Waals surface area contributed by atoms with Crippen molar-refractivity contribution in [3.63, 3.8) is 0 Å². The average Bonchev–Trinajstić information content (AvgIpc) is 2.46. The van der Waals surface area contributed by atoms with Crippen LogP contribution in [-0.4, -0.2) is 46.5 Å². The lowest BCUT2D eigenvalue weighted by Gasteiger charge is -2.32. The fourth-order valence-corrected chi connectivity index (χ4v) is 4.04. The fraction of sp³-hybridized carbons (Fsp3) is 0.714. The molecule has 1 saturated heterocycles. The minimum Gasteiger partial charge on any atom is -0.312 e. The standard InChI is InChI=1S/C14H22N4S/c1-3-11-10-8-15-5-4-12(10)17-14(16-11)13-9-19-7-6-18(13)2/h13,15H,3-9H2,1-2H3. The number of hydrogen-bond acceptors (Lipinski definition) is 5. The summed E-state index contributed by atoms with van der Waals surface area (Å²) in [5.74, 6) is 3.39. The van der Waals surface area contributed by atoms with E-state index in [1.54, 1.807) is 0 Å². The predicted molar refractivity (Wildman–Crippen MR) is 79.5 cm³/mol. The topological polar surface area (TPSA) is 41.1 Å². The second kappa shape index (κ2) is 5.77. The summed E-state index contributed by atoms with van der Waals surface area (Å²) in [6.07, 6.45) is 2.05. The van der Waals surface area contributed by atoms with Gasteiger partial charge in [-0.25, -0.2) is 9.97 Å². The van der Waals surface area contributed by atoms with Crippen molar-refractivity contribution in [3.05, 3.63) is 22.8 Å². The van der Waals surface area contributed by atoms with Gasteiger partial charge in [0, 0.05) is 48.8 Å². The molecule has 0 radical (unpaired) electrons. The Labute approximate surface area is 119 Å². The first-order chi connectivity index (χ1) is 9.29. The van der Waals surface area contributed by atoms with Crippen LogP contribution in [0.2, 0.25) is 0 Å². The van der Waals surface area contributed by atoms with Gasteiger partial charge in [-0.3, -0.25) is 4.90 Å². The van der Waals surface area contributed by atoms with Crippen molar-refractivity contribution < 1.29 is 0 Å². The Morgan fingerprint density at radius 2 is 2.32 bits per heavy atom. The maximum absolute atomic E-state index is 4.89. The number of hydrogen-bond donors (Lipinski definition) is 1. The quantitative estimate of drug-likeness (QED) is 0.886. The average molecular weight is 278 g/mol. The Morgan fingerprint density at radius 1 is 1.42 bits per heavy atom. The molecule has 2 aliphatic rings. The van der Waals surface area contributed by atoms with Gasteiger partial charge in [0.25, 0.3) is 0 Å². The van der Waals surface area contributed by atoms with Crippen LogP contribution in [0.15, 0.2) is 0 Å². The molecule has 0 bridgehead atoms. The van der Waals surface area contributed by atoms with Crippen LogP contribution in [0.25, 0.3) is 0 Å². The van der Waals surface area contributed by atoms with Gasteiger partial charge >= 0.3 is 0 Å². The Morgan fingerprint density at radius 3 is 3.11 bits per heavy atom. The first-order valence-electron chi connectivity index (χ1n) is 7.17. The van der Waals surface area contributed by atoms with Crippen LogP contribution in [-0.2, 0) is 19.4 Å². The molecule has 0 aliphatic carbocycles. The van der Waals surface area contributed by atoms with Crippen LogP contribution in [0, 0.1) is 0 Å². The number of nitrogens with one attached hydrogen (secondary N) is 1. The molecular weight excluding hydrogens is 256 g/mol. The molecule has 104 valence electrons. The summed E-state index contributed by atoms with van der Waals surface area (Å²) in [6, 6.07) is 0.393. The number of rotatable bonds is 2. The molecule has 3 heterocycles. The van der Waals surface area contributed by atoms with E-state index in [0.717, 1.165) is 44.1 Å². The van der Waals surface area contributed by atoms with Crippen molar-refractivity contribution in [2.75, 3.05) is 31.6 Å². The minimum atomic E-state index is 0.393. The van der Waals surface area contributed by atoms with Crippen molar-refractivity contribution in [1.29, 1.82) is 0 Å². The molecule has 5 heteroatoms. The smallest absolute Gasteiger partial charge is 0.146 e. The molecule has 0 amide bonds. The Balaban J connectivity index is 1.97. The first-order valence-corrected chi connectivity index (χ1v) is 8.32. The molecule has 1 unspecified atom stereocenters. The Kier molecular flexibility index (Phi) is 4.05. The van der Waals surface area contributed by atoms with Gasteiger partial charge in [0.1, 0.15) is 5.82 Å². The molecule has 0 aromatic carbocycles. The molecule has 4 nitrogen and oxygen atoms in total. The molecule has 1 atom stereocenters. The van der Waals surface area contributed by atoms with E-state index in [1.165, 1.54) is 22.7 Å². The van der Waals surface area contributed by atoms with Crippen LogP contribution in [0.5, 0.6) is 0 Å². The van der Waals surface area contributed by atoms with Crippen LogP contribution < -0.4 is 5.32 Å². The van der Waals surface area contributed by atoms with E-state index in [-0.39, 0.29) is 0 Å². The van der Waals surface area contributed by atoms with Crippen molar-refractivity contribution >= 4 is 11.8 Å². The number of nitrogens with zero attached hydrogens (tertiary/aromatic N) is 3.